The number of carbonyl (C=O) groups excluding carboxylic acids is 1. The van der Waals surface area contributed by atoms with E-state index in [1.807, 2.05) is 30.3 Å². The van der Waals surface area contributed by atoms with Crippen molar-refractivity contribution in [2.24, 2.45) is 0 Å². The fraction of sp³-hybridized carbons (Fsp3) is 0.143. The Morgan fingerprint density at radius 2 is 1.93 bits per heavy atom. The summed E-state index contributed by atoms with van der Waals surface area (Å²) in [5.74, 6) is 0.714. The van der Waals surface area contributed by atoms with Crippen LogP contribution in [-0.2, 0) is 6.42 Å². The predicted octanol–water partition coefficient (Wildman–Crippen LogP) is 4.22. The Hall–Kier alpha value is -3.43. The molecule has 1 heterocycles. The molecule has 0 radical (unpaired) electrons. The number of carbonyl (C=O) groups is 1. The summed E-state index contributed by atoms with van der Waals surface area (Å²) in [7, 11) is 0. The van der Waals surface area contributed by atoms with Crippen LogP contribution in [0.5, 0.6) is 0 Å². The lowest BCUT2D eigenvalue weighted by Crippen LogP contribution is -2.16. The smallest absolute Gasteiger partial charge is 0.274 e. The number of amides is 1. The maximum Gasteiger partial charge on any atom is 0.274 e. The van der Waals surface area contributed by atoms with Crippen molar-refractivity contribution in [2.45, 2.75) is 13.3 Å². The highest BCUT2D eigenvalue weighted by Crippen LogP contribution is 2.14. The van der Waals surface area contributed by atoms with Gasteiger partial charge in [0, 0.05) is 23.3 Å². The highest BCUT2D eigenvalue weighted by Gasteiger charge is 2.11. The molecular formula is C21H18ClN5O. The summed E-state index contributed by atoms with van der Waals surface area (Å²) in [6, 6.07) is 18.0. The fourth-order valence-corrected chi connectivity index (χ4v) is 2.75. The second-order valence-electron chi connectivity index (χ2n) is 6.14. The largest absolute Gasteiger partial charge is 0.370 e. The first-order valence-corrected chi connectivity index (χ1v) is 9.07. The van der Waals surface area contributed by atoms with Crippen molar-refractivity contribution >= 4 is 29.0 Å². The number of nitrogens with zero attached hydrogens (tertiary/aromatic N) is 3. The highest BCUT2D eigenvalue weighted by molar-refractivity contribution is 6.30. The molecule has 7 heteroatoms. The summed E-state index contributed by atoms with van der Waals surface area (Å²) in [5, 5.41) is 15.6. The lowest BCUT2D eigenvalue weighted by molar-refractivity contribution is 0.102. The number of hydrogen-bond acceptors (Lipinski definition) is 5. The predicted molar refractivity (Wildman–Crippen MR) is 110 cm³/mol. The molecule has 28 heavy (non-hydrogen) atoms. The first kappa shape index (κ1) is 19.3. The van der Waals surface area contributed by atoms with Gasteiger partial charge in [0.1, 0.15) is 17.3 Å². The van der Waals surface area contributed by atoms with Crippen LogP contribution in [0.1, 0.15) is 27.4 Å². The number of nitriles is 1. The molecule has 0 fully saturated rings. The van der Waals surface area contributed by atoms with Gasteiger partial charge >= 0.3 is 0 Å². The first-order chi connectivity index (χ1) is 13.5. The molecule has 0 unspecified atom stereocenters. The Balaban J connectivity index is 1.65. The normalized spacial score (nSPS) is 10.2. The van der Waals surface area contributed by atoms with Crippen LogP contribution in [0.25, 0.3) is 0 Å². The molecule has 2 aromatic carbocycles. The molecule has 2 N–H and O–H groups in total. The van der Waals surface area contributed by atoms with Crippen molar-refractivity contribution < 1.29 is 4.79 Å². The number of aryl methyl sites for hydroxylation is 1. The van der Waals surface area contributed by atoms with Gasteiger partial charge in [0.2, 0.25) is 0 Å². The topological polar surface area (TPSA) is 90.7 Å². The lowest BCUT2D eigenvalue weighted by atomic mass is 10.1. The number of aromatic nitrogens is 2. The summed E-state index contributed by atoms with van der Waals surface area (Å²) in [6.45, 7) is 2.39. The monoisotopic (exact) mass is 391 g/mol. The van der Waals surface area contributed by atoms with Crippen molar-refractivity contribution in [3.63, 3.8) is 0 Å². The van der Waals surface area contributed by atoms with Gasteiger partial charge in [-0.2, -0.15) is 5.26 Å². The van der Waals surface area contributed by atoms with E-state index in [9.17, 15) is 4.79 Å². The molecule has 0 saturated heterocycles. The van der Waals surface area contributed by atoms with E-state index >= 15 is 0 Å². The van der Waals surface area contributed by atoms with E-state index < -0.39 is 0 Å². The molecule has 0 aliphatic heterocycles. The average Bonchev–Trinajstić information content (AvgIpc) is 2.69. The van der Waals surface area contributed by atoms with E-state index in [2.05, 4.69) is 20.6 Å². The van der Waals surface area contributed by atoms with Gasteiger partial charge in [-0.3, -0.25) is 4.79 Å². The van der Waals surface area contributed by atoms with E-state index in [-0.39, 0.29) is 11.6 Å². The third-order valence-corrected chi connectivity index (χ3v) is 4.21. The fourth-order valence-electron chi connectivity index (χ4n) is 2.62. The molecule has 0 aliphatic carbocycles. The number of anilines is 2. The first-order valence-electron chi connectivity index (χ1n) is 8.69. The zero-order valence-electron chi connectivity index (χ0n) is 15.2. The van der Waals surface area contributed by atoms with Crippen LogP contribution in [0.15, 0.2) is 54.6 Å². The molecule has 0 atom stereocenters. The summed E-state index contributed by atoms with van der Waals surface area (Å²) in [5.41, 5.74) is 2.42. The Kier molecular flexibility index (Phi) is 6.20. The molecule has 3 aromatic rings. The zero-order valence-corrected chi connectivity index (χ0v) is 16.0. The Bertz CT molecular complexity index is 1030. The van der Waals surface area contributed by atoms with Gasteiger partial charge in [0.15, 0.2) is 0 Å². The van der Waals surface area contributed by atoms with E-state index in [4.69, 9.17) is 16.9 Å². The molecule has 3 rings (SSSR count). The van der Waals surface area contributed by atoms with Gasteiger partial charge in [-0.1, -0.05) is 29.8 Å². The van der Waals surface area contributed by atoms with E-state index in [0.717, 1.165) is 12.0 Å². The van der Waals surface area contributed by atoms with Crippen molar-refractivity contribution in [1.29, 1.82) is 5.26 Å². The van der Waals surface area contributed by atoms with Gasteiger partial charge in [0.05, 0.1) is 11.6 Å². The standard InChI is InChI=1S/C21H18ClN5O/c1-14-25-19(21(28)27-18-4-2-3-16(11-18)13-23)12-20(26-14)24-10-9-15-5-7-17(22)8-6-15/h2-8,11-12H,9-10H2,1H3,(H,27,28)(H,24,25,26). The number of halogens is 1. The van der Waals surface area contributed by atoms with Crippen LogP contribution in [0, 0.1) is 18.3 Å². The lowest BCUT2D eigenvalue weighted by Gasteiger charge is -2.09. The zero-order chi connectivity index (χ0) is 19.9. The molecule has 0 spiro atoms. The van der Waals surface area contributed by atoms with Crippen molar-refractivity contribution in [3.8, 4) is 6.07 Å². The van der Waals surface area contributed by atoms with E-state index in [0.29, 0.717) is 34.5 Å². The van der Waals surface area contributed by atoms with Crippen molar-refractivity contribution in [2.75, 3.05) is 17.2 Å². The molecule has 0 saturated carbocycles. The van der Waals surface area contributed by atoms with Gasteiger partial charge < -0.3 is 10.6 Å². The maximum atomic E-state index is 12.5. The second-order valence-corrected chi connectivity index (χ2v) is 6.57. The molecule has 140 valence electrons. The quantitative estimate of drug-likeness (QED) is 0.656. The molecule has 6 nitrogen and oxygen atoms in total. The minimum atomic E-state index is -0.360. The molecule has 0 bridgehead atoms. The van der Waals surface area contributed by atoms with Crippen LogP contribution < -0.4 is 10.6 Å². The number of benzene rings is 2. The van der Waals surface area contributed by atoms with Gasteiger partial charge in [0.25, 0.3) is 5.91 Å². The SMILES string of the molecule is Cc1nc(NCCc2ccc(Cl)cc2)cc(C(=O)Nc2cccc(C#N)c2)n1. The van der Waals surface area contributed by atoms with Crippen LogP contribution in [0.3, 0.4) is 0 Å². The minimum Gasteiger partial charge on any atom is -0.370 e. The van der Waals surface area contributed by atoms with Crippen LogP contribution in [0.4, 0.5) is 11.5 Å². The molecular weight excluding hydrogens is 374 g/mol. The maximum absolute atomic E-state index is 12.5. The summed E-state index contributed by atoms with van der Waals surface area (Å²) >= 11 is 5.89. The average molecular weight is 392 g/mol. The van der Waals surface area contributed by atoms with Crippen molar-refractivity contribution in [3.05, 3.63) is 82.3 Å². The second kappa shape index (κ2) is 8.98. The Morgan fingerprint density at radius 3 is 2.68 bits per heavy atom. The number of hydrogen-bond donors (Lipinski definition) is 2. The van der Waals surface area contributed by atoms with Gasteiger partial charge in [-0.05, 0) is 49.2 Å². The van der Waals surface area contributed by atoms with Crippen LogP contribution in [-0.4, -0.2) is 22.4 Å². The molecule has 1 aromatic heterocycles. The highest BCUT2D eigenvalue weighted by atomic mass is 35.5. The summed E-state index contributed by atoms with van der Waals surface area (Å²) < 4.78 is 0. The molecule has 0 aliphatic rings. The van der Waals surface area contributed by atoms with E-state index in [1.165, 1.54) is 0 Å². The third-order valence-electron chi connectivity index (χ3n) is 3.95. The van der Waals surface area contributed by atoms with Crippen molar-refractivity contribution in [1.82, 2.24) is 9.97 Å². The molecule has 1 amide bonds. The summed E-state index contributed by atoms with van der Waals surface area (Å²) in [4.78, 5) is 21.1. The number of rotatable bonds is 6. The van der Waals surface area contributed by atoms with Crippen LogP contribution >= 0.6 is 11.6 Å². The Morgan fingerprint density at radius 1 is 1.14 bits per heavy atom. The minimum absolute atomic E-state index is 0.254. The third kappa shape index (κ3) is 5.29. The summed E-state index contributed by atoms with van der Waals surface area (Å²) in [6.07, 6.45) is 0.794. The number of nitrogens with one attached hydrogen (secondary N) is 2. The van der Waals surface area contributed by atoms with Gasteiger partial charge in [-0.15, -0.1) is 0 Å². The van der Waals surface area contributed by atoms with E-state index in [1.54, 1.807) is 37.3 Å². The van der Waals surface area contributed by atoms with Crippen LogP contribution in [0.2, 0.25) is 5.02 Å². The van der Waals surface area contributed by atoms with Gasteiger partial charge in [-0.25, -0.2) is 9.97 Å². The Labute approximate surface area is 168 Å².